The van der Waals surface area contributed by atoms with Crippen LogP contribution in [0.15, 0.2) is 48.5 Å². The number of benzene rings is 2. The van der Waals surface area contributed by atoms with E-state index < -0.39 is 0 Å². The number of piperidine rings is 1. The molecule has 0 aromatic heterocycles. The predicted molar refractivity (Wildman–Crippen MR) is 115 cm³/mol. The molecular weight excluding hydrogens is 366 g/mol. The normalized spacial score (nSPS) is 16.4. The van der Waals surface area contributed by atoms with Crippen LogP contribution in [0.2, 0.25) is 0 Å². The van der Waals surface area contributed by atoms with Crippen LogP contribution < -0.4 is 15.4 Å². The first-order valence-corrected chi connectivity index (χ1v) is 10.1. The summed E-state index contributed by atoms with van der Waals surface area (Å²) in [4.78, 5) is 27.0. The Kier molecular flexibility index (Phi) is 6.75. The van der Waals surface area contributed by atoms with E-state index in [4.69, 9.17) is 4.74 Å². The molecule has 6 heteroatoms. The van der Waals surface area contributed by atoms with Crippen molar-refractivity contribution < 1.29 is 14.3 Å². The van der Waals surface area contributed by atoms with Gasteiger partial charge in [-0.1, -0.05) is 24.3 Å². The van der Waals surface area contributed by atoms with Gasteiger partial charge in [0, 0.05) is 30.6 Å². The van der Waals surface area contributed by atoms with Crippen molar-refractivity contribution in [1.29, 1.82) is 0 Å². The molecule has 1 heterocycles. The van der Waals surface area contributed by atoms with Gasteiger partial charge in [0.15, 0.2) is 0 Å². The van der Waals surface area contributed by atoms with Crippen molar-refractivity contribution in [3.63, 3.8) is 0 Å². The smallest absolute Gasteiger partial charge is 0.317 e. The van der Waals surface area contributed by atoms with Crippen LogP contribution in [-0.2, 0) is 0 Å². The number of likely N-dealkylation sites (tertiary alicyclic amines) is 1. The van der Waals surface area contributed by atoms with Crippen LogP contribution in [0.3, 0.4) is 0 Å². The Labute approximate surface area is 172 Å². The summed E-state index contributed by atoms with van der Waals surface area (Å²) in [6.07, 6.45) is 1.96. The summed E-state index contributed by atoms with van der Waals surface area (Å²) in [7, 11) is 1.58. The lowest BCUT2D eigenvalue weighted by molar-refractivity contribution is 0.102. The molecule has 1 aliphatic heterocycles. The molecule has 3 rings (SSSR count). The summed E-state index contributed by atoms with van der Waals surface area (Å²) in [5, 5.41) is 5.88. The lowest BCUT2D eigenvalue weighted by Gasteiger charge is -2.33. The second kappa shape index (κ2) is 9.45. The fraction of sp³-hybridized carbons (Fsp3) is 0.391. The first kappa shape index (κ1) is 20.7. The van der Waals surface area contributed by atoms with Crippen molar-refractivity contribution in [2.24, 2.45) is 0 Å². The van der Waals surface area contributed by atoms with Gasteiger partial charge in [0.25, 0.3) is 5.91 Å². The highest BCUT2D eigenvalue weighted by atomic mass is 16.5. The number of rotatable bonds is 5. The Hall–Kier alpha value is -3.02. The van der Waals surface area contributed by atoms with Gasteiger partial charge in [-0.05, 0) is 56.5 Å². The van der Waals surface area contributed by atoms with Gasteiger partial charge in [0.1, 0.15) is 5.75 Å². The molecule has 3 amide bonds. The molecule has 0 aliphatic carbocycles. The number of carbonyl (C=O) groups is 2. The van der Waals surface area contributed by atoms with Gasteiger partial charge < -0.3 is 20.3 Å². The monoisotopic (exact) mass is 395 g/mol. The molecular formula is C23H29N3O3. The molecule has 1 unspecified atom stereocenters. The number of nitrogens with one attached hydrogen (secondary N) is 2. The third-order valence-corrected chi connectivity index (χ3v) is 5.10. The molecule has 0 saturated carbocycles. The maximum absolute atomic E-state index is 12.8. The number of para-hydroxylation sites is 2. The summed E-state index contributed by atoms with van der Waals surface area (Å²) in [5.74, 6) is 0.665. The number of nitrogens with zero attached hydrogens (tertiary/aromatic N) is 1. The number of methoxy groups -OCH3 is 1. The molecule has 1 atom stereocenters. The minimum absolute atomic E-state index is 0.0187. The van der Waals surface area contributed by atoms with Gasteiger partial charge in [-0.2, -0.15) is 0 Å². The highest BCUT2D eigenvalue weighted by Crippen LogP contribution is 2.28. The first-order valence-electron chi connectivity index (χ1n) is 10.1. The highest BCUT2D eigenvalue weighted by molar-refractivity contribution is 6.05. The molecule has 6 nitrogen and oxygen atoms in total. The largest absolute Gasteiger partial charge is 0.495 e. The first-order chi connectivity index (χ1) is 14.0. The Balaban J connectivity index is 1.71. The van der Waals surface area contributed by atoms with E-state index in [0.717, 1.165) is 24.9 Å². The second-order valence-corrected chi connectivity index (χ2v) is 7.67. The topological polar surface area (TPSA) is 70.7 Å². The van der Waals surface area contributed by atoms with Gasteiger partial charge in [0.05, 0.1) is 12.8 Å². The van der Waals surface area contributed by atoms with Crippen molar-refractivity contribution in [3.8, 4) is 5.75 Å². The van der Waals surface area contributed by atoms with Crippen LogP contribution in [0.25, 0.3) is 0 Å². The average molecular weight is 396 g/mol. The van der Waals surface area contributed by atoms with Crippen LogP contribution in [0, 0.1) is 0 Å². The standard InChI is InChI=1S/C23H29N3O3/c1-16(2)24-23(28)26-13-7-10-19(15-26)17-8-6-9-18(14-17)22(27)25-20-11-4-5-12-21(20)29-3/h4-6,8-9,11-12,14,16,19H,7,10,13,15H2,1-3H3,(H,24,28)(H,25,27). The number of ether oxygens (including phenoxy) is 1. The van der Waals surface area contributed by atoms with Crippen molar-refractivity contribution >= 4 is 17.6 Å². The van der Waals surface area contributed by atoms with Gasteiger partial charge in [-0.15, -0.1) is 0 Å². The van der Waals surface area contributed by atoms with Crippen molar-refractivity contribution in [2.75, 3.05) is 25.5 Å². The maximum atomic E-state index is 12.8. The second-order valence-electron chi connectivity index (χ2n) is 7.67. The van der Waals surface area contributed by atoms with Gasteiger partial charge in [-0.3, -0.25) is 4.79 Å². The molecule has 2 aromatic rings. The predicted octanol–water partition coefficient (Wildman–Crippen LogP) is 4.24. The number of hydrogen-bond acceptors (Lipinski definition) is 3. The lowest BCUT2D eigenvalue weighted by atomic mass is 9.89. The Bertz CT molecular complexity index is 866. The van der Waals surface area contributed by atoms with E-state index >= 15 is 0 Å². The Morgan fingerprint density at radius 3 is 2.69 bits per heavy atom. The van der Waals surface area contributed by atoms with Gasteiger partial charge >= 0.3 is 6.03 Å². The number of carbonyl (C=O) groups excluding carboxylic acids is 2. The Morgan fingerprint density at radius 2 is 1.93 bits per heavy atom. The average Bonchev–Trinajstić information content (AvgIpc) is 2.74. The molecule has 2 aromatic carbocycles. The summed E-state index contributed by atoms with van der Waals surface area (Å²) < 4.78 is 5.30. The van der Waals surface area contributed by atoms with Crippen LogP contribution in [0.5, 0.6) is 5.75 Å². The van der Waals surface area contributed by atoms with E-state index in [0.29, 0.717) is 23.5 Å². The molecule has 2 N–H and O–H groups in total. The lowest BCUT2D eigenvalue weighted by Crippen LogP contribution is -2.47. The van der Waals surface area contributed by atoms with E-state index in [1.54, 1.807) is 13.2 Å². The van der Waals surface area contributed by atoms with E-state index in [1.165, 1.54) is 0 Å². The molecule has 0 radical (unpaired) electrons. The van der Waals surface area contributed by atoms with Crippen LogP contribution in [0.4, 0.5) is 10.5 Å². The zero-order valence-electron chi connectivity index (χ0n) is 17.3. The van der Waals surface area contributed by atoms with E-state index in [-0.39, 0.29) is 23.9 Å². The Morgan fingerprint density at radius 1 is 1.14 bits per heavy atom. The van der Waals surface area contributed by atoms with Crippen molar-refractivity contribution in [1.82, 2.24) is 10.2 Å². The summed E-state index contributed by atoms with van der Waals surface area (Å²) in [6.45, 7) is 5.35. The third kappa shape index (κ3) is 5.28. The van der Waals surface area contributed by atoms with Crippen LogP contribution >= 0.6 is 0 Å². The molecule has 0 spiro atoms. The van der Waals surface area contributed by atoms with Crippen molar-refractivity contribution in [2.45, 2.75) is 38.6 Å². The zero-order valence-corrected chi connectivity index (χ0v) is 17.3. The number of urea groups is 1. The molecule has 29 heavy (non-hydrogen) atoms. The van der Waals surface area contributed by atoms with E-state index in [1.807, 2.05) is 61.2 Å². The highest BCUT2D eigenvalue weighted by Gasteiger charge is 2.25. The maximum Gasteiger partial charge on any atom is 0.317 e. The number of hydrogen-bond donors (Lipinski definition) is 2. The SMILES string of the molecule is COc1ccccc1NC(=O)c1cccc(C2CCCN(C(=O)NC(C)C)C2)c1. The molecule has 1 saturated heterocycles. The molecule has 154 valence electrons. The quantitative estimate of drug-likeness (QED) is 0.795. The molecule has 0 bridgehead atoms. The fourth-order valence-corrected chi connectivity index (χ4v) is 3.65. The summed E-state index contributed by atoms with van der Waals surface area (Å²) in [5.41, 5.74) is 2.32. The van der Waals surface area contributed by atoms with Gasteiger partial charge in [-0.25, -0.2) is 4.79 Å². The van der Waals surface area contributed by atoms with Crippen LogP contribution in [0.1, 0.15) is 48.5 Å². The minimum Gasteiger partial charge on any atom is -0.495 e. The summed E-state index contributed by atoms with van der Waals surface area (Å²) >= 11 is 0. The molecule has 1 aliphatic rings. The number of anilines is 1. The minimum atomic E-state index is -0.179. The fourth-order valence-electron chi connectivity index (χ4n) is 3.65. The third-order valence-electron chi connectivity index (χ3n) is 5.10. The molecule has 1 fully saturated rings. The van der Waals surface area contributed by atoms with Gasteiger partial charge in [0.2, 0.25) is 0 Å². The van der Waals surface area contributed by atoms with Crippen molar-refractivity contribution in [3.05, 3.63) is 59.7 Å². The number of amides is 3. The van der Waals surface area contributed by atoms with E-state index in [9.17, 15) is 9.59 Å². The van der Waals surface area contributed by atoms with Crippen LogP contribution in [-0.4, -0.2) is 43.1 Å². The van der Waals surface area contributed by atoms with E-state index in [2.05, 4.69) is 10.6 Å². The zero-order chi connectivity index (χ0) is 20.8. The summed E-state index contributed by atoms with van der Waals surface area (Å²) in [6, 6.07) is 15.1.